The van der Waals surface area contributed by atoms with Gasteiger partial charge < -0.3 is 19.5 Å². The molecule has 1 fully saturated rings. The normalized spacial score (nSPS) is 17.0. The average molecular weight is 421 g/mol. The van der Waals surface area contributed by atoms with Gasteiger partial charge in [-0.2, -0.15) is 8.78 Å². The molecule has 8 heteroatoms. The molecule has 1 aliphatic rings. The second kappa shape index (κ2) is 10.4. The molecule has 0 spiro atoms. The Morgan fingerprint density at radius 3 is 2.67 bits per heavy atom. The number of likely N-dealkylation sites (tertiary alicyclic amines) is 1. The lowest BCUT2D eigenvalue weighted by Crippen LogP contribution is -2.26. The van der Waals surface area contributed by atoms with Gasteiger partial charge in [-0.05, 0) is 36.3 Å². The molecule has 162 valence electrons. The van der Waals surface area contributed by atoms with Gasteiger partial charge in [0.1, 0.15) is 5.75 Å². The molecule has 3 rings (SSSR count). The van der Waals surface area contributed by atoms with Gasteiger partial charge in [0.15, 0.2) is 0 Å². The summed E-state index contributed by atoms with van der Waals surface area (Å²) in [6.07, 6.45) is 0.986. The van der Waals surface area contributed by atoms with Crippen LogP contribution in [0.2, 0.25) is 0 Å². The summed E-state index contributed by atoms with van der Waals surface area (Å²) in [5.74, 6) is -0.966. The lowest BCUT2D eigenvalue weighted by molar-refractivity contribution is -0.158. The third-order valence-corrected chi connectivity index (χ3v) is 5.17. The van der Waals surface area contributed by atoms with Crippen LogP contribution in [0.4, 0.5) is 8.78 Å². The van der Waals surface area contributed by atoms with Crippen LogP contribution in [0.25, 0.3) is 10.8 Å². The number of rotatable bonds is 10. The van der Waals surface area contributed by atoms with Crippen LogP contribution in [0.5, 0.6) is 5.75 Å². The van der Waals surface area contributed by atoms with E-state index in [1.807, 2.05) is 24.3 Å². The minimum absolute atomic E-state index is 0.0319. The second-order valence-electron chi connectivity index (χ2n) is 7.35. The van der Waals surface area contributed by atoms with Crippen molar-refractivity contribution in [3.05, 3.63) is 42.0 Å². The Hall–Kier alpha value is -2.58. The summed E-state index contributed by atoms with van der Waals surface area (Å²) < 4.78 is 34.9. The molecule has 0 radical (unpaired) electrons. The minimum Gasteiger partial charge on any atom is -0.481 e. The summed E-state index contributed by atoms with van der Waals surface area (Å²) in [4.78, 5) is 24.8. The van der Waals surface area contributed by atoms with Crippen molar-refractivity contribution in [3.63, 3.8) is 0 Å². The first-order chi connectivity index (χ1) is 14.4. The van der Waals surface area contributed by atoms with Gasteiger partial charge in [0, 0.05) is 37.9 Å². The Morgan fingerprint density at radius 1 is 1.17 bits per heavy atom. The molecule has 1 N–H and O–H groups in total. The summed E-state index contributed by atoms with van der Waals surface area (Å²) in [6, 6.07) is 11.3. The zero-order valence-electron chi connectivity index (χ0n) is 16.6. The van der Waals surface area contributed by atoms with Crippen molar-refractivity contribution in [2.45, 2.75) is 44.8 Å². The number of carboxylic acid groups (broad SMARTS) is 1. The number of fused-ring (bicyclic) bond motifs is 1. The minimum atomic E-state index is -2.75. The van der Waals surface area contributed by atoms with Gasteiger partial charge >= 0.3 is 18.6 Å². The topological polar surface area (TPSA) is 76.1 Å². The van der Waals surface area contributed by atoms with Gasteiger partial charge in [0.05, 0.1) is 6.10 Å². The van der Waals surface area contributed by atoms with E-state index in [9.17, 15) is 18.4 Å². The highest BCUT2D eigenvalue weighted by atomic mass is 19.3. The molecule has 0 amide bonds. The fraction of sp³-hybridized carbons (Fsp3) is 0.455. The standard InChI is InChI=1S/C22H25F2NO5/c23-22(24)29-17-11-13-25(14-17)12-10-16-5-1-4-15-6-2-7-18(21(15)16)30-20(28)9-3-8-19(26)27/h1-2,4-7,17,22H,3,8-14H2,(H,26,27)/t17-/m1/s1. The van der Waals surface area contributed by atoms with E-state index in [4.69, 9.17) is 9.84 Å². The number of carbonyl (C=O) groups is 2. The maximum absolute atomic E-state index is 12.4. The van der Waals surface area contributed by atoms with E-state index in [1.54, 1.807) is 12.1 Å². The predicted molar refractivity (Wildman–Crippen MR) is 107 cm³/mol. The summed E-state index contributed by atoms with van der Waals surface area (Å²) in [7, 11) is 0. The van der Waals surface area contributed by atoms with Gasteiger partial charge in [-0.1, -0.05) is 30.3 Å². The summed E-state index contributed by atoms with van der Waals surface area (Å²) >= 11 is 0. The second-order valence-corrected chi connectivity index (χ2v) is 7.35. The number of hydrogen-bond donors (Lipinski definition) is 1. The Morgan fingerprint density at radius 2 is 1.93 bits per heavy atom. The van der Waals surface area contributed by atoms with Crippen LogP contribution >= 0.6 is 0 Å². The fourth-order valence-corrected chi connectivity index (χ4v) is 3.77. The van der Waals surface area contributed by atoms with Crippen LogP contribution in [-0.2, 0) is 20.7 Å². The van der Waals surface area contributed by atoms with Crippen LogP contribution in [0.15, 0.2) is 36.4 Å². The molecule has 1 heterocycles. The lowest BCUT2D eigenvalue weighted by Gasteiger charge is -2.17. The number of halogens is 2. The SMILES string of the molecule is O=C(O)CCCC(=O)Oc1cccc2cccc(CCN3CC[C@@H](OC(F)F)C3)c12. The van der Waals surface area contributed by atoms with Crippen LogP contribution < -0.4 is 4.74 Å². The molecule has 2 aromatic carbocycles. The van der Waals surface area contributed by atoms with Gasteiger partial charge in [0.2, 0.25) is 0 Å². The molecule has 0 saturated carbocycles. The number of aliphatic carboxylic acids is 1. The van der Waals surface area contributed by atoms with Crippen LogP contribution in [0, 0.1) is 0 Å². The van der Waals surface area contributed by atoms with Crippen molar-refractivity contribution in [2.75, 3.05) is 19.6 Å². The largest absolute Gasteiger partial charge is 0.481 e. The molecular weight excluding hydrogens is 396 g/mol. The summed E-state index contributed by atoms with van der Waals surface area (Å²) in [5, 5.41) is 10.5. The third kappa shape index (κ3) is 6.21. The van der Waals surface area contributed by atoms with E-state index >= 15 is 0 Å². The first-order valence-electron chi connectivity index (χ1n) is 10.0. The van der Waals surface area contributed by atoms with Gasteiger partial charge in [-0.25, -0.2) is 0 Å². The summed E-state index contributed by atoms with van der Waals surface area (Å²) in [5.41, 5.74) is 1.000. The van der Waals surface area contributed by atoms with Crippen molar-refractivity contribution in [1.82, 2.24) is 4.90 Å². The highest BCUT2D eigenvalue weighted by Gasteiger charge is 2.25. The molecular formula is C22H25F2NO5. The zero-order chi connectivity index (χ0) is 21.5. The number of esters is 1. The number of nitrogens with zero attached hydrogens (tertiary/aromatic N) is 1. The van der Waals surface area contributed by atoms with Gasteiger partial charge in [-0.15, -0.1) is 0 Å². The van der Waals surface area contributed by atoms with E-state index in [0.717, 1.165) is 16.3 Å². The monoisotopic (exact) mass is 421 g/mol. The molecule has 6 nitrogen and oxygen atoms in total. The van der Waals surface area contributed by atoms with Crippen LogP contribution in [-0.4, -0.2) is 54.3 Å². The molecule has 0 aliphatic carbocycles. The van der Waals surface area contributed by atoms with E-state index in [0.29, 0.717) is 38.2 Å². The maximum atomic E-state index is 12.4. The highest BCUT2D eigenvalue weighted by molar-refractivity contribution is 5.93. The maximum Gasteiger partial charge on any atom is 0.345 e. The third-order valence-electron chi connectivity index (χ3n) is 5.17. The Bertz CT molecular complexity index is 884. The molecule has 2 aromatic rings. The number of hydrogen-bond acceptors (Lipinski definition) is 5. The summed E-state index contributed by atoms with van der Waals surface area (Å²) in [6.45, 7) is -0.891. The van der Waals surface area contributed by atoms with Gasteiger partial charge in [0.25, 0.3) is 0 Å². The molecule has 1 saturated heterocycles. The molecule has 30 heavy (non-hydrogen) atoms. The zero-order valence-corrected chi connectivity index (χ0v) is 16.6. The van der Waals surface area contributed by atoms with Crippen molar-refractivity contribution in [3.8, 4) is 5.75 Å². The van der Waals surface area contributed by atoms with Gasteiger partial charge in [-0.3, -0.25) is 9.59 Å². The van der Waals surface area contributed by atoms with Crippen molar-refractivity contribution in [2.24, 2.45) is 0 Å². The predicted octanol–water partition coefficient (Wildman–Crippen LogP) is 3.86. The van der Waals surface area contributed by atoms with E-state index < -0.39 is 24.7 Å². The lowest BCUT2D eigenvalue weighted by atomic mass is 10.0. The number of carboxylic acids is 1. The fourth-order valence-electron chi connectivity index (χ4n) is 3.77. The first-order valence-corrected chi connectivity index (χ1v) is 10.0. The van der Waals surface area contributed by atoms with Crippen LogP contribution in [0.1, 0.15) is 31.2 Å². The first kappa shape index (κ1) is 22.1. The molecule has 1 atom stereocenters. The van der Waals surface area contributed by atoms with Crippen molar-refractivity contribution >= 4 is 22.7 Å². The average Bonchev–Trinajstić information content (AvgIpc) is 3.12. The molecule has 1 aliphatic heterocycles. The number of ether oxygens (including phenoxy) is 2. The number of benzene rings is 2. The highest BCUT2D eigenvalue weighted by Crippen LogP contribution is 2.30. The van der Waals surface area contributed by atoms with E-state index in [1.165, 1.54) is 0 Å². The van der Waals surface area contributed by atoms with E-state index in [2.05, 4.69) is 9.64 Å². The molecule has 0 bridgehead atoms. The molecule has 0 aromatic heterocycles. The Kier molecular flexibility index (Phi) is 7.70. The van der Waals surface area contributed by atoms with Crippen molar-refractivity contribution < 1.29 is 33.0 Å². The van der Waals surface area contributed by atoms with Crippen molar-refractivity contribution in [1.29, 1.82) is 0 Å². The smallest absolute Gasteiger partial charge is 0.345 e. The number of carbonyl (C=O) groups excluding carboxylic acids is 1. The van der Waals surface area contributed by atoms with E-state index in [-0.39, 0.29) is 19.3 Å². The Balaban J connectivity index is 1.66. The number of alkyl halides is 2. The quantitative estimate of drug-likeness (QED) is 0.464. The Labute approximate surface area is 173 Å². The molecule has 0 unspecified atom stereocenters. The van der Waals surface area contributed by atoms with Crippen LogP contribution in [0.3, 0.4) is 0 Å².